The topological polar surface area (TPSA) is 39.7 Å². The van der Waals surface area contributed by atoms with Crippen molar-refractivity contribution in [3.8, 4) is 11.5 Å². The first-order chi connectivity index (χ1) is 10.2. The Labute approximate surface area is 131 Å². The normalized spacial score (nSPS) is 21.5. The highest BCUT2D eigenvalue weighted by Crippen LogP contribution is 2.34. The van der Waals surface area contributed by atoms with Gasteiger partial charge in [-0.2, -0.15) is 0 Å². The van der Waals surface area contributed by atoms with Crippen molar-refractivity contribution in [2.45, 2.75) is 42.8 Å². The summed E-state index contributed by atoms with van der Waals surface area (Å²) in [6.45, 7) is 0.845. The molecule has 1 saturated carbocycles. The molecule has 0 spiro atoms. The molecule has 1 fully saturated rings. The van der Waals surface area contributed by atoms with E-state index in [1.165, 1.54) is 16.9 Å². The second-order valence-corrected chi connectivity index (χ2v) is 6.12. The fourth-order valence-electron chi connectivity index (χ4n) is 2.82. The van der Waals surface area contributed by atoms with Gasteiger partial charge < -0.3 is 19.5 Å². The first kappa shape index (κ1) is 16.5. The number of hydrogen-bond donors (Lipinski definition) is 1. The van der Waals surface area contributed by atoms with Crippen molar-refractivity contribution in [3.63, 3.8) is 0 Å². The largest absolute Gasteiger partial charge is 0.493 e. The minimum Gasteiger partial charge on any atom is -0.493 e. The minimum absolute atomic E-state index is 0.410. The molecule has 1 aliphatic rings. The average Bonchev–Trinajstić information content (AvgIpc) is 2.99. The van der Waals surface area contributed by atoms with Crippen LogP contribution in [0.1, 0.15) is 24.8 Å². The van der Waals surface area contributed by atoms with Gasteiger partial charge in [-0.15, -0.1) is 11.8 Å². The summed E-state index contributed by atoms with van der Waals surface area (Å²) in [4.78, 5) is 1.22. The molecule has 0 bridgehead atoms. The van der Waals surface area contributed by atoms with E-state index in [0.717, 1.165) is 30.9 Å². The number of ether oxygens (including phenoxy) is 3. The molecular formula is C16H25NO3S. The molecule has 1 N–H and O–H groups in total. The van der Waals surface area contributed by atoms with Crippen LogP contribution in [0.25, 0.3) is 0 Å². The molecule has 1 aliphatic carbocycles. The van der Waals surface area contributed by atoms with E-state index in [4.69, 9.17) is 14.2 Å². The van der Waals surface area contributed by atoms with Crippen molar-refractivity contribution in [2.75, 3.05) is 27.6 Å². The van der Waals surface area contributed by atoms with Crippen LogP contribution in [0.15, 0.2) is 17.0 Å². The lowest BCUT2D eigenvalue weighted by atomic mass is 10.1. The van der Waals surface area contributed by atoms with E-state index >= 15 is 0 Å². The molecule has 1 aromatic rings. The second-order valence-electron chi connectivity index (χ2n) is 5.27. The molecule has 2 atom stereocenters. The zero-order valence-electron chi connectivity index (χ0n) is 13.3. The summed E-state index contributed by atoms with van der Waals surface area (Å²) >= 11 is 1.73. The molecule has 2 rings (SSSR count). The minimum atomic E-state index is 0.410. The first-order valence-corrected chi connectivity index (χ1v) is 8.49. The highest BCUT2D eigenvalue weighted by Gasteiger charge is 2.24. The van der Waals surface area contributed by atoms with Gasteiger partial charge in [0.2, 0.25) is 0 Å². The smallest absolute Gasteiger partial charge is 0.161 e. The lowest BCUT2D eigenvalue weighted by Gasteiger charge is -2.17. The standard InChI is InChI=1S/C16H25NO3S/c1-18-13-6-5-12(8-13)17-10-11-7-14(19-2)15(20-3)9-16(11)21-4/h7,9,12-13,17H,5-6,8,10H2,1-4H3. The van der Waals surface area contributed by atoms with Crippen LogP contribution < -0.4 is 14.8 Å². The fraction of sp³-hybridized carbons (Fsp3) is 0.625. The van der Waals surface area contributed by atoms with E-state index in [9.17, 15) is 0 Å². The van der Waals surface area contributed by atoms with Crippen LogP contribution in [0.2, 0.25) is 0 Å². The van der Waals surface area contributed by atoms with Crippen LogP contribution >= 0.6 is 11.8 Å². The first-order valence-electron chi connectivity index (χ1n) is 7.26. The summed E-state index contributed by atoms with van der Waals surface area (Å²) in [5.74, 6) is 1.57. The van der Waals surface area contributed by atoms with Gasteiger partial charge in [-0.05, 0) is 43.2 Å². The van der Waals surface area contributed by atoms with Crippen LogP contribution in [-0.2, 0) is 11.3 Å². The molecule has 0 saturated heterocycles. The molecular weight excluding hydrogens is 286 g/mol. The van der Waals surface area contributed by atoms with Gasteiger partial charge in [-0.1, -0.05) is 0 Å². The van der Waals surface area contributed by atoms with E-state index in [1.807, 2.05) is 6.07 Å². The third-order valence-corrected chi connectivity index (χ3v) is 4.91. The molecule has 1 aromatic carbocycles. The Morgan fingerprint density at radius 1 is 1.14 bits per heavy atom. The Hall–Kier alpha value is -0.910. The maximum Gasteiger partial charge on any atom is 0.161 e. The summed E-state index contributed by atoms with van der Waals surface area (Å²) in [5, 5.41) is 3.64. The Kier molecular flexibility index (Phi) is 6.21. The number of nitrogens with one attached hydrogen (secondary N) is 1. The molecule has 0 heterocycles. The summed E-state index contributed by atoms with van der Waals surface area (Å²) in [5.41, 5.74) is 1.25. The third-order valence-electron chi connectivity index (χ3n) is 4.09. The lowest BCUT2D eigenvalue weighted by molar-refractivity contribution is 0.107. The molecule has 0 radical (unpaired) electrons. The molecule has 118 valence electrons. The Morgan fingerprint density at radius 3 is 2.43 bits per heavy atom. The predicted molar refractivity (Wildman–Crippen MR) is 86.6 cm³/mol. The predicted octanol–water partition coefficient (Wildman–Crippen LogP) is 3.08. The summed E-state index contributed by atoms with van der Waals surface area (Å²) in [7, 11) is 5.14. The number of thioether (sulfide) groups is 1. The highest BCUT2D eigenvalue weighted by atomic mass is 32.2. The number of rotatable bonds is 7. The Morgan fingerprint density at radius 2 is 1.86 bits per heavy atom. The van der Waals surface area contributed by atoms with Gasteiger partial charge in [0.1, 0.15) is 0 Å². The molecule has 5 heteroatoms. The zero-order valence-corrected chi connectivity index (χ0v) is 14.1. The van der Waals surface area contributed by atoms with E-state index < -0.39 is 0 Å². The molecule has 0 amide bonds. The fourth-order valence-corrected chi connectivity index (χ4v) is 3.44. The van der Waals surface area contributed by atoms with Crippen molar-refractivity contribution in [2.24, 2.45) is 0 Å². The van der Waals surface area contributed by atoms with Gasteiger partial charge >= 0.3 is 0 Å². The molecule has 21 heavy (non-hydrogen) atoms. The summed E-state index contributed by atoms with van der Waals surface area (Å²) in [6, 6.07) is 4.66. The molecule has 0 aliphatic heterocycles. The summed E-state index contributed by atoms with van der Waals surface area (Å²) < 4.78 is 16.2. The quantitative estimate of drug-likeness (QED) is 0.784. The van der Waals surface area contributed by atoms with Crippen LogP contribution in [-0.4, -0.2) is 39.7 Å². The van der Waals surface area contributed by atoms with E-state index in [2.05, 4.69) is 17.6 Å². The van der Waals surface area contributed by atoms with Crippen molar-refractivity contribution in [1.82, 2.24) is 5.32 Å². The second kappa shape index (κ2) is 7.92. The van der Waals surface area contributed by atoms with Crippen molar-refractivity contribution in [1.29, 1.82) is 0 Å². The number of methoxy groups -OCH3 is 3. The van der Waals surface area contributed by atoms with Gasteiger partial charge in [-0.25, -0.2) is 0 Å². The lowest BCUT2D eigenvalue weighted by Crippen LogP contribution is -2.26. The molecule has 4 nitrogen and oxygen atoms in total. The summed E-state index contributed by atoms with van der Waals surface area (Å²) in [6.07, 6.45) is 5.92. The van der Waals surface area contributed by atoms with Gasteiger partial charge in [0.15, 0.2) is 11.5 Å². The van der Waals surface area contributed by atoms with Crippen molar-refractivity contribution >= 4 is 11.8 Å². The molecule has 0 aromatic heterocycles. The zero-order chi connectivity index (χ0) is 15.2. The average molecular weight is 311 g/mol. The maximum atomic E-state index is 5.42. The van der Waals surface area contributed by atoms with E-state index in [1.54, 1.807) is 33.1 Å². The molecule has 2 unspecified atom stereocenters. The van der Waals surface area contributed by atoms with Gasteiger partial charge in [-0.3, -0.25) is 0 Å². The SMILES string of the molecule is COc1cc(CNC2CCC(OC)C2)c(SC)cc1OC. The van der Waals surface area contributed by atoms with Crippen LogP contribution in [0.3, 0.4) is 0 Å². The van der Waals surface area contributed by atoms with Crippen LogP contribution in [0.4, 0.5) is 0 Å². The van der Waals surface area contributed by atoms with Crippen molar-refractivity contribution < 1.29 is 14.2 Å². The third kappa shape index (κ3) is 4.05. The van der Waals surface area contributed by atoms with Crippen molar-refractivity contribution in [3.05, 3.63) is 17.7 Å². The van der Waals surface area contributed by atoms with E-state index in [-0.39, 0.29) is 0 Å². The van der Waals surface area contributed by atoms with Gasteiger partial charge in [0, 0.05) is 24.6 Å². The van der Waals surface area contributed by atoms with Crippen LogP contribution in [0, 0.1) is 0 Å². The maximum absolute atomic E-state index is 5.42. The van der Waals surface area contributed by atoms with Gasteiger partial charge in [0.05, 0.1) is 20.3 Å². The van der Waals surface area contributed by atoms with Gasteiger partial charge in [0.25, 0.3) is 0 Å². The number of hydrogen-bond acceptors (Lipinski definition) is 5. The monoisotopic (exact) mass is 311 g/mol. The van der Waals surface area contributed by atoms with Crippen LogP contribution in [0.5, 0.6) is 11.5 Å². The Balaban J connectivity index is 2.05. The number of benzene rings is 1. The van der Waals surface area contributed by atoms with E-state index in [0.29, 0.717) is 12.1 Å². The Bertz CT molecular complexity index is 467. The highest BCUT2D eigenvalue weighted by molar-refractivity contribution is 7.98.